The zero-order valence-corrected chi connectivity index (χ0v) is 10.6. The van der Waals surface area contributed by atoms with Gasteiger partial charge >= 0.3 is 0 Å². The summed E-state index contributed by atoms with van der Waals surface area (Å²) in [4.78, 5) is 8.33. The van der Waals surface area contributed by atoms with Crippen molar-refractivity contribution in [1.82, 2.24) is 9.97 Å². The molecule has 6 heteroatoms. The molecular formula is C12H7ClFN3S. The van der Waals surface area contributed by atoms with E-state index in [4.69, 9.17) is 11.6 Å². The van der Waals surface area contributed by atoms with Gasteiger partial charge in [-0.3, -0.25) is 0 Å². The summed E-state index contributed by atoms with van der Waals surface area (Å²) < 4.78 is 14.0. The number of thiophene rings is 1. The average Bonchev–Trinajstić information content (AvgIpc) is 2.83. The fraction of sp³-hybridized carbons (Fsp3) is 0. The number of nitrogens with zero attached hydrogens (tertiary/aromatic N) is 2. The van der Waals surface area contributed by atoms with Crippen molar-refractivity contribution in [3.63, 3.8) is 0 Å². The van der Waals surface area contributed by atoms with Gasteiger partial charge in [0, 0.05) is 5.69 Å². The van der Waals surface area contributed by atoms with Crippen molar-refractivity contribution in [3.8, 4) is 0 Å². The van der Waals surface area contributed by atoms with Gasteiger partial charge in [0.1, 0.15) is 12.1 Å². The number of hydrogen-bond donors (Lipinski definition) is 1. The molecule has 0 unspecified atom stereocenters. The minimum Gasteiger partial charge on any atom is -0.339 e. The summed E-state index contributed by atoms with van der Waals surface area (Å²) in [6.07, 6.45) is 1.49. The summed E-state index contributed by atoms with van der Waals surface area (Å²) in [6.45, 7) is 0. The lowest BCUT2D eigenvalue weighted by atomic mass is 10.3. The number of hydrogen-bond acceptors (Lipinski definition) is 4. The van der Waals surface area contributed by atoms with Gasteiger partial charge in [0.05, 0.1) is 15.2 Å². The molecule has 2 heterocycles. The Kier molecular flexibility index (Phi) is 2.85. The minimum absolute atomic E-state index is 0.0801. The Morgan fingerprint density at radius 2 is 2.11 bits per heavy atom. The second-order valence-electron chi connectivity index (χ2n) is 3.61. The lowest BCUT2D eigenvalue weighted by molar-refractivity contribution is 0.628. The standard InChI is InChI=1S/C12H7ClFN3S/c13-8-5-7(1-2-9(8)14)17-12-11-10(3-4-18-11)15-6-16-12/h1-6H,(H,15,16,17). The second kappa shape index (κ2) is 4.51. The summed E-state index contributed by atoms with van der Waals surface area (Å²) in [5, 5.41) is 5.14. The van der Waals surface area contributed by atoms with E-state index >= 15 is 0 Å². The Morgan fingerprint density at radius 1 is 1.22 bits per heavy atom. The largest absolute Gasteiger partial charge is 0.339 e. The van der Waals surface area contributed by atoms with Crippen LogP contribution >= 0.6 is 22.9 Å². The minimum atomic E-state index is -0.439. The molecule has 0 saturated heterocycles. The number of rotatable bonds is 2. The third-order valence-corrected chi connectivity index (χ3v) is 3.63. The zero-order valence-electron chi connectivity index (χ0n) is 9.02. The van der Waals surface area contributed by atoms with Gasteiger partial charge in [-0.1, -0.05) is 11.6 Å². The smallest absolute Gasteiger partial charge is 0.151 e. The van der Waals surface area contributed by atoms with Crippen LogP contribution in [0.1, 0.15) is 0 Å². The van der Waals surface area contributed by atoms with Crippen molar-refractivity contribution in [3.05, 3.63) is 46.8 Å². The Balaban J connectivity index is 2.01. The Morgan fingerprint density at radius 3 is 2.94 bits per heavy atom. The van der Waals surface area contributed by atoms with Crippen LogP contribution in [0.3, 0.4) is 0 Å². The van der Waals surface area contributed by atoms with Crippen molar-refractivity contribution in [1.29, 1.82) is 0 Å². The van der Waals surface area contributed by atoms with E-state index < -0.39 is 5.82 Å². The first-order valence-electron chi connectivity index (χ1n) is 5.14. The fourth-order valence-electron chi connectivity index (χ4n) is 1.59. The molecule has 0 aliphatic rings. The lowest BCUT2D eigenvalue weighted by Crippen LogP contribution is -1.94. The normalized spacial score (nSPS) is 10.8. The maximum Gasteiger partial charge on any atom is 0.151 e. The van der Waals surface area contributed by atoms with Crippen LogP contribution in [0.5, 0.6) is 0 Å². The summed E-state index contributed by atoms with van der Waals surface area (Å²) in [6, 6.07) is 6.38. The van der Waals surface area contributed by atoms with Gasteiger partial charge in [-0.15, -0.1) is 11.3 Å². The van der Waals surface area contributed by atoms with Gasteiger partial charge in [-0.05, 0) is 29.6 Å². The molecule has 1 aromatic carbocycles. The predicted octanol–water partition coefficient (Wildman–Crippen LogP) is 4.23. The van der Waals surface area contributed by atoms with E-state index in [2.05, 4.69) is 15.3 Å². The zero-order chi connectivity index (χ0) is 12.5. The van der Waals surface area contributed by atoms with Crippen molar-refractivity contribution < 1.29 is 4.39 Å². The van der Waals surface area contributed by atoms with E-state index in [1.165, 1.54) is 18.5 Å². The van der Waals surface area contributed by atoms with Crippen LogP contribution in [0.2, 0.25) is 5.02 Å². The SMILES string of the molecule is Fc1ccc(Nc2ncnc3ccsc23)cc1Cl. The van der Waals surface area contributed by atoms with E-state index in [9.17, 15) is 4.39 Å². The fourth-order valence-corrected chi connectivity index (χ4v) is 2.56. The molecule has 0 radical (unpaired) electrons. The Bertz CT molecular complexity index is 713. The highest BCUT2D eigenvalue weighted by Gasteiger charge is 2.06. The number of benzene rings is 1. The molecule has 1 N–H and O–H groups in total. The molecule has 0 aliphatic carbocycles. The first-order valence-corrected chi connectivity index (χ1v) is 6.40. The van der Waals surface area contributed by atoms with E-state index in [1.54, 1.807) is 17.4 Å². The third kappa shape index (κ3) is 2.02. The van der Waals surface area contributed by atoms with Gasteiger partial charge in [-0.25, -0.2) is 14.4 Å². The highest BCUT2D eigenvalue weighted by molar-refractivity contribution is 7.17. The quantitative estimate of drug-likeness (QED) is 0.763. The average molecular weight is 280 g/mol. The molecule has 0 atom stereocenters. The van der Waals surface area contributed by atoms with Crippen molar-refractivity contribution in [2.75, 3.05) is 5.32 Å². The molecule has 0 saturated carbocycles. The van der Waals surface area contributed by atoms with Crippen LogP contribution in [0.15, 0.2) is 36.0 Å². The molecule has 0 aliphatic heterocycles. The van der Waals surface area contributed by atoms with Crippen LogP contribution in [0, 0.1) is 5.82 Å². The van der Waals surface area contributed by atoms with E-state index in [0.717, 1.165) is 10.2 Å². The number of aromatic nitrogens is 2. The molecule has 2 aromatic heterocycles. The van der Waals surface area contributed by atoms with Crippen molar-refractivity contribution in [2.24, 2.45) is 0 Å². The van der Waals surface area contributed by atoms with Gasteiger partial charge in [-0.2, -0.15) is 0 Å². The van der Waals surface area contributed by atoms with E-state index in [1.807, 2.05) is 11.4 Å². The van der Waals surface area contributed by atoms with Crippen LogP contribution in [-0.2, 0) is 0 Å². The van der Waals surface area contributed by atoms with E-state index in [-0.39, 0.29) is 5.02 Å². The summed E-state index contributed by atoms with van der Waals surface area (Å²) in [5.74, 6) is 0.254. The number of halogens is 2. The highest BCUT2D eigenvalue weighted by Crippen LogP contribution is 2.28. The number of nitrogens with one attached hydrogen (secondary N) is 1. The first-order chi connectivity index (χ1) is 8.74. The number of anilines is 2. The molecule has 3 aromatic rings. The summed E-state index contributed by atoms with van der Waals surface area (Å²) in [5.41, 5.74) is 1.57. The lowest BCUT2D eigenvalue weighted by Gasteiger charge is -2.06. The van der Waals surface area contributed by atoms with Gasteiger partial charge in [0.25, 0.3) is 0 Å². The van der Waals surface area contributed by atoms with Gasteiger partial charge in [0.15, 0.2) is 5.82 Å². The maximum atomic E-state index is 13.1. The van der Waals surface area contributed by atoms with Crippen molar-refractivity contribution >= 4 is 44.7 Å². The van der Waals surface area contributed by atoms with Crippen LogP contribution < -0.4 is 5.32 Å². The molecule has 3 nitrogen and oxygen atoms in total. The first kappa shape index (κ1) is 11.4. The highest BCUT2D eigenvalue weighted by atomic mass is 35.5. The number of fused-ring (bicyclic) bond motifs is 1. The second-order valence-corrected chi connectivity index (χ2v) is 4.93. The Labute approximate surface area is 111 Å². The van der Waals surface area contributed by atoms with Gasteiger partial charge in [0.2, 0.25) is 0 Å². The summed E-state index contributed by atoms with van der Waals surface area (Å²) >= 11 is 7.28. The maximum absolute atomic E-state index is 13.1. The predicted molar refractivity (Wildman–Crippen MR) is 72.1 cm³/mol. The molecule has 90 valence electrons. The van der Waals surface area contributed by atoms with Crippen molar-refractivity contribution in [2.45, 2.75) is 0 Å². The topological polar surface area (TPSA) is 37.8 Å². The third-order valence-electron chi connectivity index (χ3n) is 2.43. The van der Waals surface area contributed by atoms with E-state index in [0.29, 0.717) is 11.5 Å². The van der Waals surface area contributed by atoms with Crippen LogP contribution in [-0.4, -0.2) is 9.97 Å². The molecular weight excluding hydrogens is 273 g/mol. The monoisotopic (exact) mass is 279 g/mol. The van der Waals surface area contributed by atoms with Gasteiger partial charge < -0.3 is 5.32 Å². The van der Waals surface area contributed by atoms with Crippen LogP contribution in [0.4, 0.5) is 15.9 Å². The summed E-state index contributed by atoms with van der Waals surface area (Å²) in [7, 11) is 0. The Hall–Kier alpha value is -1.72. The molecule has 0 bridgehead atoms. The molecule has 0 spiro atoms. The molecule has 18 heavy (non-hydrogen) atoms. The van der Waals surface area contributed by atoms with Crippen LogP contribution in [0.25, 0.3) is 10.2 Å². The molecule has 0 amide bonds. The molecule has 0 fully saturated rings. The molecule has 3 rings (SSSR count).